The number of thiophene rings is 1. The van der Waals surface area contributed by atoms with Gasteiger partial charge in [-0.3, -0.25) is 9.79 Å². The number of amides is 1. The van der Waals surface area contributed by atoms with Crippen molar-refractivity contribution in [2.75, 3.05) is 27.2 Å². The molecule has 2 rings (SSSR count). The molecular formula is C19H32N4OS. The van der Waals surface area contributed by atoms with E-state index in [-0.39, 0.29) is 11.3 Å². The van der Waals surface area contributed by atoms with Crippen molar-refractivity contribution in [3.63, 3.8) is 0 Å². The standard InChI is InChI=1S/C19H32N4OS/c1-18(2,16(24)20-3)13-22-17(21-4)23-14-19(10-6-5-7-11-19)15-9-8-12-25-15/h8-9,12H,5-7,10-11,13-14H2,1-4H3,(H,20,24)(H2,21,22,23). The Balaban J connectivity index is 1.98. The Labute approximate surface area is 155 Å². The van der Waals surface area contributed by atoms with Crippen LogP contribution in [0.25, 0.3) is 0 Å². The number of hydrogen-bond donors (Lipinski definition) is 3. The molecule has 1 aliphatic carbocycles. The average Bonchev–Trinajstić information content (AvgIpc) is 3.17. The van der Waals surface area contributed by atoms with Crippen LogP contribution >= 0.6 is 11.3 Å². The number of nitrogens with one attached hydrogen (secondary N) is 3. The minimum Gasteiger partial charge on any atom is -0.359 e. The van der Waals surface area contributed by atoms with Crippen molar-refractivity contribution in [1.29, 1.82) is 0 Å². The molecule has 140 valence electrons. The minimum atomic E-state index is -0.483. The Kier molecular flexibility index (Phi) is 6.87. The van der Waals surface area contributed by atoms with Crippen LogP contribution in [0.1, 0.15) is 50.8 Å². The molecule has 1 saturated carbocycles. The Morgan fingerprint density at radius 1 is 1.28 bits per heavy atom. The molecule has 5 nitrogen and oxygen atoms in total. The van der Waals surface area contributed by atoms with Gasteiger partial charge in [-0.05, 0) is 38.1 Å². The summed E-state index contributed by atoms with van der Waals surface area (Å²) in [5, 5.41) is 11.7. The molecule has 1 aliphatic rings. The van der Waals surface area contributed by atoms with Gasteiger partial charge in [0.25, 0.3) is 0 Å². The predicted molar refractivity (Wildman–Crippen MR) is 106 cm³/mol. The van der Waals surface area contributed by atoms with Gasteiger partial charge in [0.15, 0.2) is 5.96 Å². The van der Waals surface area contributed by atoms with Crippen LogP contribution in [0.4, 0.5) is 0 Å². The number of guanidine groups is 1. The molecular weight excluding hydrogens is 332 g/mol. The first-order valence-electron chi connectivity index (χ1n) is 9.14. The molecule has 0 saturated heterocycles. The molecule has 1 aromatic rings. The highest BCUT2D eigenvalue weighted by molar-refractivity contribution is 7.10. The zero-order valence-electron chi connectivity index (χ0n) is 15.9. The Morgan fingerprint density at radius 3 is 2.56 bits per heavy atom. The summed E-state index contributed by atoms with van der Waals surface area (Å²) < 4.78 is 0. The van der Waals surface area contributed by atoms with Crippen LogP contribution in [-0.4, -0.2) is 39.1 Å². The number of hydrogen-bond acceptors (Lipinski definition) is 3. The van der Waals surface area contributed by atoms with E-state index in [2.05, 4.69) is 38.5 Å². The second-order valence-electron chi connectivity index (χ2n) is 7.56. The van der Waals surface area contributed by atoms with Gasteiger partial charge in [-0.25, -0.2) is 0 Å². The SMILES string of the molecule is CN=C(NCC(C)(C)C(=O)NC)NCC1(c2cccs2)CCCCC1. The largest absolute Gasteiger partial charge is 0.359 e. The van der Waals surface area contributed by atoms with E-state index < -0.39 is 5.41 Å². The summed E-state index contributed by atoms with van der Waals surface area (Å²) in [6.45, 7) is 5.28. The molecule has 0 unspecified atom stereocenters. The molecule has 1 heterocycles. The van der Waals surface area contributed by atoms with Crippen LogP contribution in [0.2, 0.25) is 0 Å². The number of carbonyl (C=O) groups is 1. The van der Waals surface area contributed by atoms with Gasteiger partial charge in [0, 0.05) is 37.5 Å². The third kappa shape index (κ3) is 4.97. The second-order valence-corrected chi connectivity index (χ2v) is 8.51. The average molecular weight is 365 g/mol. The normalized spacial score (nSPS) is 17.8. The highest BCUT2D eigenvalue weighted by Crippen LogP contribution is 2.41. The summed E-state index contributed by atoms with van der Waals surface area (Å²) in [6, 6.07) is 4.41. The van der Waals surface area contributed by atoms with Crippen LogP contribution in [0, 0.1) is 5.41 Å². The Hall–Kier alpha value is -1.56. The lowest BCUT2D eigenvalue weighted by atomic mass is 9.73. The van der Waals surface area contributed by atoms with Crippen molar-refractivity contribution >= 4 is 23.2 Å². The summed E-state index contributed by atoms with van der Waals surface area (Å²) in [5.74, 6) is 0.788. The molecule has 1 amide bonds. The van der Waals surface area contributed by atoms with Crippen LogP contribution in [0.15, 0.2) is 22.5 Å². The van der Waals surface area contributed by atoms with E-state index in [0.717, 1.165) is 12.5 Å². The lowest BCUT2D eigenvalue weighted by Crippen LogP contribution is -2.50. The van der Waals surface area contributed by atoms with Gasteiger partial charge in [-0.1, -0.05) is 25.3 Å². The first-order chi connectivity index (χ1) is 11.9. The first kappa shape index (κ1) is 19.8. The maximum Gasteiger partial charge on any atom is 0.227 e. The fourth-order valence-corrected chi connectivity index (χ4v) is 4.50. The van der Waals surface area contributed by atoms with Gasteiger partial charge in [-0.15, -0.1) is 11.3 Å². The molecule has 1 aromatic heterocycles. The molecule has 0 aromatic carbocycles. The van der Waals surface area contributed by atoms with Crippen molar-refractivity contribution < 1.29 is 4.79 Å². The van der Waals surface area contributed by atoms with Gasteiger partial charge in [0.2, 0.25) is 5.91 Å². The van der Waals surface area contributed by atoms with Gasteiger partial charge in [-0.2, -0.15) is 0 Å². The molecule has 3 N–H and O–H groups in total. The van der Waals surface area contributed by atoms with E-state index in [1.807, 2.05) is 25.2 Å². The predicted octanol–water partition coefficient (Wildman–Crippen LogP) is 2.89. The maximum atomic E-state index is 11.9. The molecule has 0 aliphatic heterocycles. The zero-order chi connectivity index (χ0) is 18.3. The molecule has 0 bridgehead atoms. The van der Waals surface area contributed by atoms with Crippen LogP contribution in [0.5, 0.6) is 0 Å². The van der Waals surface area contributed by atoms with Gasteiger partial charge in [0.05, 0.1) is 5.41 Å². The summed E-state index contributed by atoms with van der Waals surface area (Å²) in [7, 11) is 3.45. The Bertz CT molecular complexity index is 574. The third-order valence-electron chi connectivity index (χ3n) is 5.21. The second kappa shape index (κ2) is 8.70. The van der Waals surface area contributed by atoms with Gasteiger partial charge < -0.3 is 16.0 Å². The fraction of sp³-hybridized carbons (Fsp3) is 0.684. The van der Waals surface area contributed by atoms with E-state index in [1.54, 1.807) is 14.1 Å². The number of nitrogens with zero attached hydrogens (tertiary/aromatic N) is 1. The number of rotatable bonds is 6. The monoisotopic (exact) mass is 364 g/mol. The quantitative estimate of drug-likeness (QED) is 0.537. The van der Waals surface area contributed by atoms with Gasteiger partial charge in [0.1, 0.15) is 0 Å². The van der Waals surface area contributed by atoms with E-state index in [1.165, 1.54) is 37.0 Å². The van der Waals surface area contributed by atoms with E-state index in [9.17, 15) is 4.79 Å². The molecule has 0 spiro atoms. The van der Waals surface area contributed by atoms with Crippen molar-refractivity contribution in [3.05, 3.63) is 22.4 Å². The lowest BCUT2D eigenvalue weighted by molar-refractivity contribution is -0.128. The Morgan fingerprint density at radius 2 is 2.00 bits per heavy atom. The van der Waals surface area contributed by atoms with Crippen molar-refractivity contribution in [1.82, 2.24) is 16.0 Å². The molecule has 0 atom stereocenters. The fourth-order valence-electron chi connectivity index (χ4n) is 3.52. The van der Waals surface area contributed by atoms with Crippen molar-refractivity contribution in [2.45, 2.75) is 51.4 Å². The molecule has 6 heteroatoms. The topological polar surface area (TPSA) is 65.5 Å². The van der Waals surface area contributed by atoms with E-state index in [0.29, 0.717) is 6.54 Å². The minimum absolute atomic E-state index is 0.0257. The zero-order valence-corrected chi connectivity index (χ0v) is 16.8. The summed E-state index contributed by atoms with van der Waals surface area (Å²) in [6.07, 6.45) is 6.35. The highest BCUT2D eigenvalue weighted by Gasteiger charge is 2.35. The highest BCUT2D eigenvalue weighted by atomic mass is 32.1. The molecule has 1 fully saturated rings. The smallest absolute Gasteiger partial charge is 0.227 e. The summed E-state index contributed by atoms with van der Waals surface area (Å²) in [4.78, 5) is 17.7. The molecule has 0 radical (unpaired) electrons. The van der Waals surface area contributed by atoms with E-state index in [4.69, 9.17) is 0 Å². The number of carbonyl (C=O) groups excluding carboxylic acids is 1. The summed E-state index contributed by atoms with van der Waals surface area (Å²) in [5.41, 5.74) is -0.275. The van der Waals surface area contributed by atoms with E-state index >= 15 is 0 Å². The maximum absolute atomic E-state index is 11.9. The van der Waals surface area contributed by atoms with Crippen LogP contribution in [-0.2, 0) is 10.2 Å². The lowest BCUT2D eigenvalue weighted by Gasteiger charge is -2.37. The number of aliphatic imine (C=N–C) groups is 1. The first-order valence-corrected chi connectivity index (χ1v) is 10.0. The third-order valence-corrected chi connectivity index (χ3v) is 6.33. The summed E-state index contributed by atoms with van der Waals surface area (Å²) >= 11 is 1.86. The van der Waals surface area contributed by atoms with Crippen molar-refractivity contribution in [2.24, 2.45) is 10.4 Å². The van der Waals surface area contributed by atoms with Crippen LogP contribution in [0.3, 0.4) is 0 Å². The van der Waals surface area contributed by atoms with Crippen LogP contribution < -0.4 is 16.0 Å². The molecule has 25 heavy (non-hydrogen) atoms. The van der Waals surface area contributed by atoms with Crippen molar-refractivity contribution in [3.8, 4) is 0 Å². The van der Waals surface area contributed by atoms with Gasteiger partial charge >= 0.3 is 0 Å².